The van der Waals surface area contributed by atoms with Crippen molar-refractivity contribution < 1.29 is 4.42 Å². The van der Waals surface area contributed by atoms with Crippen LogP contribution >= 0.6 is 0 Å². The van der Waals surface area contributed by atoms with Gasteiger partial charge in [0, 0.05) is 19.6 Å². The Morgan fingerprint density at radius 1 is 1.30 bits per heavy atom. The fourth-order valence-electron chi connectivity index (χ4n) is 2.06. The summed E-state index contributed by atoms with van der Waals surface area (Å²) < 4.78 is 5.57. The summed E-state index contributed by atoms with van der Waals surface area (Å²) in [7, 11) is 1.99. The van der Waals surface area contributed by atoms with E-state index in [0.29, 0.717) is 12.6 Å². The van der Waals surface area contributed by atoms with Gasteiger partial charge in [-0.1, -0.05) is 0 Å². The lowest BCUT2D eigenvalue weighted by Crippen LogP contribution is -2.19. The van der Waals surface area contributed by atoms with E-state index in [1.807, 2.05) is 43.4 Å². The van der Waals surface area contributed by atoms with E-state index in [9.17, 15) is 0 Å². The van der Waals surface area contributed by atoms with Crippen LogP contribution in [0.3, 0.4) is 0 Å². The molecule has 0 spiro atoms. The largest absolute Gasteiger partial charge is 0.464 e. The predicted molar refractivity (Wildman–Crippen MR) is 77.4 cm³/mol. The Balaban J connectivity index is 1.57. The first-order valence-electron chi connectivity index (χ1n) is 7.01. The minimum absolute atomic E-state index is 0.696. The molecule has 2 aromatic rings. The Labute approximate surface area is 119 Å². The molecule has 5 nitrogen and oxygen atoms in total. The minimum atomic E-state index is 0.696. The Hall–Kier alpha value is -1.88. The molecular weight excluding hydrogens is 252 g/mol. The zero-order valence-corrected chi connectivity index (χ0v) is 12.0. The van der Waals surface area contributed by atoms with Gasteiger partial charge in [0.1, 0.15) is 17.3 Å². The first-order chi connectivity index (χ1) is 9.70. The fraction of sp³-hybridized carbons (Fsp3) is 0.467. The van der Waals surface area contributed by atoms with Gasteiger partial charge in [-0.25, -0.2) is 4.98 Å². The molecule has 2 aromatic heterocycles. The summed E-state index contributed by atoms with van der Waals surface area (Å²) in [5, 5.41) is 3.43. The third kappa shape index (κ3) is 3.36. The van der Waals surface area contributed by atoms with Crippen molar-refractivity contribution in [1.82, 2.24) is 15.3 Å². The highest BCUT2D eigenvalue weighted by Gasteiger charge is 2.20. The average molecular weight is 272 g/mol. The van der Waals surface area contributed by atoms with Crippen molar-refractivity contribution in [2.75, 3.05) is 11.9 Å². The Bertz CT molecular complexity index is 560. The van der Waals surface area contributed by atoms with Crippen LogP contribution in [0.4, 0.5) is 5.82 Å². The Morgan fingerprint density at radius 3 is 2.75 bits per heavy atom. The molecule has 0 radical (unpaired) electrons. The monoisotopic (exact) mass is 272 g/mol. The first-order valence-corrected chi connectivity index (χ1v) is 7.01. The van der Waals surface area contributed by atoms with Gasteiger partial charge in [-0.3, -0.25) is 4.98 Å². The standard InChI is InChI=1S/C15H20N4O/c1-11-3-6-14(20-11)10-19(2)15-9-17-13(8-18-15)7-16-12-4-5-12/h3,6,8-9,12,16H,4-5,7,10H2,1-2H3. The predicted octanol–water partition coefficient (Wildman–Crippen LogP) is 2.27. The second-order valence-electron chi connectivity index (χ2n) is 5.39. The van der Waals surface area contributed by atoms with E-state index in [1.54, 1.807) is 0 Å². The van der Waals surface area contributed by atoms with Gasteiger partial charge in [0.25, 0.3) is 0 Å². The SMILES string of the molecule is Cc1ccc(CN(C)c2cnc(CNC3CC3)cn2)o1. The quantitative estimate of drug-likeness (QED) is 0.874. The van der Waals surface area contributed by atoms with Crippen molar-refractivity contribution in [3.8, 4) is 0 Å². The molecule has 0 atom stereocenters. The first kappa shape index (κ1) is 13.1. The highest BCUT2D eigenvalue weighted by molar-refractivity contribution is 5.35. The number of anilines is 1. The molecule has 0 unspecified atom stereocenters. The second kappa shape index (κ2) is 5.63. The van der Waals surface area contributed by atoms with Crippen LogP contribution in [0.25, 0.3) is 0 Å². The maximum absolute atomic E-state index is 5.57. The summed E-state index contributed by atoms with van der Waals surface area (Å²) >= 11 is 0. The highest BCUT2D eigenvalue weighted by Crippen LogP contribution is 2.19. The molecule has 0 saturated heterocycles. The van der Waals surface area contributed by atoms with E-state index in [-0.39, 0.29) is 0 Å². The molecule has 0 aromatic carbocycles. The number of nitrogens with zero attached hydrogens (tertiary/aromatic N) is 3. The molecule has 3 rings (SSSR count). The van der Waals surface area contributed by atoms with Gasteiger partial charge in [0.05, 0.1) is 24.6 Å². The van der Waals surface area contributed by atoms with E-state index in [0.717, 1.165) is 29.6 Å². The van der Waals surface area contributed by atoms with Gasteiger partial charge >= 0.3 is 0 Å². The molecule has 0 bridgehead atoms. The van der Waals surface area contributed by atoms with Crippen molar-refractivity contribution in [3.63, 3.8) is 0 Å². The summed E-state index contributed by atoms with van der Waals surface area (Å²) in [6.07, 6.45) is 6.24. The summed E-state index contributed by atoms with van der Waals surface area (Å²) in [6.45, 7) is 3.45. The van der Waals surface area contributed by atoms with Gasteiger partial charge in [-0.2, -0.15) is 0 Å². The second-order valence-corrected chi connectivity index (χ2v) is 5.39. The normalized spacial score (nSPS) is 14.5. The smallest absolute Gasteiger partial charge is 0.147 e. The zero-order chi connectivity index (χ0) is 13.9. The summed E-state index contributed by atoms with van der Waals surface area (Å²) in [4.78, 5) is 10.9. The van der Waals surface area contributed by atoms with Crippen LogP contribution in [0, 0.1) is 6.92 Å². The molecule has 1 aliphatic rings. The molecule has 106 valence electrons. The fourth-order valence-corrected chi connectivity index (χ4v) is 2.06. The van der Waals surface area contributed by atoms with Crippen molar-refractivity contribution in [2.24, 2.45) is 0 Å². The van der Waals surface area contributed by atoms with Gasteiger partial charge in [0.2, 0.25) is 0 Å². The topological polar surface area (TPSA) is 54.2 Å². The molecule has 5 heteroatoms. The molecule has 2 heterocycles. The summed E-state index contributed by atoms with van der Waals surface area (Å²) in [5.41, 5.74) is 0.989. The third-order valence-corrected chi connectivity index (χ3v) is 3.42. The number of aryl methyl sites for hydroxylation is 1. The molecule has 0 amide bonds. The van der Waals surface area contributed by atoms with E-state index in [1.165, 1.54) is 12.8 Å². The van der Waals surface area contributed by atoms with Crippen LogP contribution in [0.1, 0.15) is 30.1 Å². The van der Waals surface area contributed by atoms with Crippen molar-refractivity contribution in [3.05, 3.63) is 41.7 Å². The van der Waals surface area contributed by atoms with Crippen LogP contribution in [0.5, 0.6) is 0 Å². The van der Waals surface area contributed by atoms with Crippen LogP contribution < -0.4 is 10.2 Å². The minimum Gasteiger partial charge on any atom is -0.464 e. The summed E-state index contributed by atoms with van der Waals surface area (Å²) in [6, 6.07) is 4.66. The maximum Gasteiger partial charge on any atom is 0.147 e. The number of hydrogen-bond acceptors (Lipinski definition) is 5. The van der Waals surface area contributed by atoms with E-state index in [2.05, 4.69) is 15.3 Å². The van der Waals surface area contributed by atoms with Crippen molar-refractivity contribution in [1.29, 1.82) is 0 Å². The van der Waals surface area contributed by atoms with Gasteiger partial charge in [0.15, 0.2) is 0 Å². The van der Waals surface area contributed by atoms with E-state index in [4.69, 9.17) is 4.42 Å². The molecule has 0 aliphatic heterocycles. The van der Waals surface area contributed by atoms with Crippen LogP contribution in [-0.2, 0) is 13.1 Å². The van der Waals surface area contributed by atoms with Gasteiger partial charge < -0.3 is 14.6 Å². The lowest BCUT2D eigenvalue weighted by Gasteiger charge is -2.16. The number of hydrogen-bond donors (Lipinski definition) is 1. The molecular formula is C15H20N4O. The molecule has 1 N–H and O–H groups in total. The molecule has 1 fully saturated rings. The van der Waals surface area contributed by atoms with Crippen LogP contribution in [0.2, 0.25) is 0 Å². The van der Waals surface area contributed by atoms with E-state index < -0.39 is 0 Å². The van der Waals surface area contributed by atoms with Crippen molar-refractivity contribution >= 4 is 5.82 Å². The van der Waals surface area contributed by atoms with Crippen LogP contribution in [0.15, 0.2) is 28.9 Å². The molecule has 1 aliphatic carbocycles. The van der Waals surface area contributed by atoms with Gasteiger partial charge in [-0.15, -0.1) is 0 Å². The van der Waals surface area contributed by atoms with E-state index >= 15 is 0 Å². The lowest BCUT2D eigenvalue weighted by molar-refractivity contribution is 0.481. The average Bonchev–Trinajstić information content (AvgIpc) is 3.20. The number of aromatic nitrogens is 2. The van der Waals surface area contributed by atoms with Crippen molar-refractivity contribution in [2.45, 2.75) is 38.9 Å². The number of furan rings is 1. The third-order valence-electron chi connectivity index (χ3n) is 3.42. The van der Waals surface area contributed by atoms with Crippen LogP contribution in [-0.4, -0.2) is 23.1 Å². The lowest BCUT2D eigenvalue weighted by atomic mass is 10.4. The zero-order valence-electron chi connectivity index (χ0n) is 12.0. The highest BCUT2D eigenvalue weighted by atomic mass is 16.3. The maximum atomic E-state index is 5.57. The molecule has 20 heavy (non-hydrogen) atoms. The number of rotatable bonds is 6. The summed E-state index contributed by atoms with van der Waals surface area (Å²) in [5.74, 6) is 2.72. The van der Waals surface area contributed by atoms with Gasteiger partial charge in [-0.05, 0) is 31.9 Å². The Kier molecular flexibility index (Phi) is 3.69. The Morgan fingerprint density at radius 2 is 2.15 bits per heavy atom. The molecule has 1 saturated carbocycles. The number of nitrogens with one attached hydrogen (secondary N) is 1.